The first kappa shape index (κ1) is 14.9. The van der Waals surface area contributed by atoms with Gasteiger partial charge in [0.25, 0.3) is 0 Å². The van der Waals surface area contributed by atoms with E-state index in [9.17, 15) is 4.79 Å². The monoisotopic (exact) mass is 316 g/mol. The Balaban J connectivity index is 2.07. The molecule has 120 valence electrons. The summed E-state index contributed by atoms with van der Waals surface area (Å²) in [7, 11) is 0. The molecule has 1 unspecified atom stereocenters. The Kier molecular flexibility index (Phi) is 3.24. The van der Waals surface area contributed by atoms with E-state index in [4.69, 9.17) is 4.74 Å². The number of fused-ring (bicyclic) bond motifs is 4. The van der Waals surface area contributed by atoms with Crippen LogP contribution in [0.2, 0.25) is 0 Å². The van der Waals surface area contributed by atoms with Gasteiger partial charge in [0.2, 0.25) is 0 Å². The van der Waals surface area contributed by atoms with Gasteiger partial charge in [-0.1, -0.05) is 48.0 Å². The Labute approximate surface area is 142 Å². The molecule has 2 nitrogen and oxygen atoms in total. The fourth-order valence-corrected chi connectivity index (χ4v) is 3.82. The highest BCUT2D eigenvalue weighted by atomic mass is 16.5. The molecule has 0 bridgehead atoms. The maximum atomic E-state index is 12.9. The lowest BCUT2D eigenvalue weighted by molar-refractivity contribution is -0.147. The van der Waals surface area contributed by atoms with Crippen LogP contribution in [0.4, 0.5) is 0 Å². The SMILES string of the molecule is CCOC(=O)C1(C)c2cc(C)ccc2-c2cc3ccccc3cc21. The summed E-state index contributed by atoms with van der Waals surface area (Å²) in [6.45, 7) is 6.29. The number of rotatable bonds is 2. The Hall–Kier alpha value is -2.61. The summed E-state index contributed by atoms with van der Waals surface area (Å²) in [5, 5.41) is 2.34. The number of esters is 1. The summed E-state index contributed by atoms with van der Waals surface area (Å²) in [5.41, 5.74) is 4.76. The number of carbonyl (C=O) groups excluding carboxylic acids is 1. The molecular weight excluding hydrogens is 296 g/mol. The van der Waals surface area contributed by atoms with Gasteiger partial charge in [0, 0.05) is 0 Å². The van der Waals surface area contributed by atoms with Gasteiger partial charge in [0.1, 0.15) is 5.41 Å². The number of aryl methyl sites for hydroxylation is 1. The van der Waals surface area contributed by atoms with Gasteiger partial charge in [0.05, 0.1) is 6.61 Å². The Morgan fingerprint density at radius 2 is 1.62 bits per heavy atom. The van der Waals surface area contributed by atoms with Crippen LogP contribution >= 0.6 is 0 Å². The number of hydrogen-bond donors (Lipinski definition) is 0. The van der Waals surface area contributed by atoms with Crippen molar-refractivity contribution in [3.05, 3.63) is 71.3 Å². The van der Waals surface area contributed by atoms with Crippen molar-refractivity contribution < 1.29 is 9.53 Å². The first-order valence-electron chi connectivity index (χ1n) is 8.37. The van der Waals surface area contributed by atoms with E-state index in [-0.39, 0.29) is 5.97 Å². The van der Waals surface area contributed by atoms with Crippen molar-refractivity contribution in [1.29, 1.82) is 0 Å². The van der Waals surface area contributed by atoms with Crippen LogP contribution < -0.4 is 0 Å². The Morgan fingerprint density at radius 1 is 0.958 bits per heavy atom. The van der Waals surface area contributed by atoms with Crippen molar-refractivity contribution >= 4 is 16.7 Å². The van der Waals surface area contributed by atoms with E-state index in [0.29, 0.717) is 6.61 Å². The van der Waals surface area contributed by atoms with Gasteiger partial charge in [0.15, 0.2) is 0 Å². The molecule has 0 N–H and O–H groups in total. The van der Waals surface area contributed by atoms with Crippen LogP contribution in [0.5, 0.6) is 0 Å². The second-order valence-electron chi connectivity index (χ2n) is 6.64. The topological polar surface area (TPSA) is 26.3 Å². The van der Waals surface area contributed by atoms with Crippen LogP contribution in [0.25, 0.3) is 21.9 Å². The maximum Gasteiger partial charge on any atom is 0.320 e. The molecule has 2 heteroatoms. The predicted octanol–water partition coefficient (Wildman–Crippen LogP) is 5.00. The van der Waals surface area contributed by atoms with Crippen molar-refractivity contribution in [2.45, 2.75) is 26.2 Å². The molecule has 3 aromatic carbocycles. The average Bonchev–Trinajstić information content (AvgIpc) is 2.83. The smallest absolute Gasteiger partial charge is 0.320 e. The highest BCUT2D eigenvalue weighted by molar-refractivity contribution is 6.01. The Bertz CT molecular complexity index is 971. The van der Waals surface area contributed by atoms with E-state index >= 15 is 0 Å². The summed E-state index contributed by atoms with van der Waals surface area (Å²) >= 11 is 0. The first-order chi connectivity index (χ1) is 11.6. The molecule has 24 heavy (non-hydrogen) atoms. The summed E-state index contributed by atoms with van der Waals surface area (Å²) in [4.78, 5) is 12.9. The van der Waals surface area contributed by atoms with E-state index in [1.54, 1.807) is 0 Å². The van der Waals surface area contributed by atoms with E-state index in [1.165, 1.54) is 5.39 Å². The quantitative estimate of drug-likeness (QED) is 0.622. The maximum absolute atomic E-state index is 12.9. The van der Waals surface area contributed by atoms with Gasteiger partial charge in [-0.2, -0.15) is 0 Å². The third-order valence-electron chi connectivity index (χ3n) is 5.11. The van der Waals surface area contributed by atoms with Crippen LogP contribution in [0.1, 0.15) is 30.5 Å². The van der Waals surface area contributed by atoms with Gasteiger partial charge in [-0.3, -0.25) is 4.79 Å². The molecule has 0 saturated carbocycles. The number of ether oxygens (including phenoxy) is 1. The first-order valence-corrected chi connectivity index (χ1v) is 8.37. The number of hydrogen-bond acceptors (Lipinski definition) is 2. The largest absolute Gasteiger partial charge is 0.465 e. The second-order valence-corrected chi connectivity index (χ2v) is 6.64. The molecule has 3 aromatic rings. The highest BCUT2D eigenvalue weighted by Crippen LogP contribution is 2.50. The van der Waals surface area contributed by atoms with Crippen molar-refractivity contribution in [2.75, 3.05) is 6.61 Å². The molecule has 1 aliphatic rings. The summed E-state index contributed by atoms with van der Waals surface area (Å²) in [6.07, 6.45) is 0. The van der Waals surface area contributed by atoms with Crippen LogP contribution in [-0.2, 0) is 14.9 Å². The van der Waals surface area contributed by atoms with Gasteiger partial charge in [-0.05, 0) is 65.9 Å². The molecule has 4 rings (SSSR count). The third kappa shape index (κ3) is 1.92. The number of carbonyl (C=O) groups is 1. The van der Waals surface area contributed by atoms with Gasteiger partial charge in [-0.25, -0.2) is 0 Å². The molecule has 0 fully saturated rings. The van der Waals surface area contributed by atoms with Crippen LogP contribution in [-0.4, -0.2) is 12.6 Å². The van der Waals surface area contributed by atoms with Crippen LogP contribution in [0.15, 0.2) is 54.6 Å². The van der Waals surface area contributed by atoms with Crippen molar-refractivity contribution in [1.82, 2.24) is 0 Å². The molecule has 0 heterocycles. The van der Waals surface area contributed by atoms with Crippen LogP contribution in [0.3, 0.4) is 0 Å². The molecule has 1 atom stereocenters. The fraction of sp³-hybridized carbons (Fsp3) is 0.227. The minimum atomic E-state index is -0.753. The van der Waals surface area contributed by atoms with Gasteiger partial charge in [-0.15, -0.1) is 0 Å². The fourth-order valence-electron chi connectivity index (χ4n) is 3.82. The highest BCUT2D eigenvalue weighted by Gasteiger charge is 2.46. The molecule has 0 spiro atoms. The molecule has 0 aliphatic heterocycles. The van der Waals surface area contributed by atoms with E-state index < -0.39 is 5.41 Å². The molecule has 1 aliphatic carbocycles. The van der Waals surface area contributed by atoms with Crippen molar-refractivity contribution in [3.8, 4) is 11.1 Å². The second kappa shape index (κ2) is 5.20. The minimum absolute atomic E-state index is 0.175. The lowest BCUT2D eigenvalue weighted by atomic mass is 9.79. The average molecular weight is 316 g/mol. The van der Waals surface area contributed by atoms with Crippen molar-refractivity contribution in [3.63, 3.8) is 0 Å². The summed E-state index contributed by atoms with van der Waals surface area (Å²) in [5.74, 6) is -0.175. The zero-order valence-electron chi connectivity index (χ0n) is 14.2. The lowest BCUT2D eigenvalue weighted by Crippen LogP contribution is -2.33. The Morgan fingerprint density at radius 3 is 2.33 bits per heavy atom. The van der Waals surface area contributed by atoms with Gasteiger partial charge < -0.3 is 4.74 Å². The predicted molar refractivity (Wildman–Crippen MR) is 97.2 cm³/mol. The zero-order valence-corrected chi connectivity index (χ0v) is 14.2. The third-order valence-corrected chi connectivity index (χ3v) is 5.11. The molecule has 0 saturated heterocycles. The van der Waals surface area contributed by atoms with Crippen LogP contribution in [0, 0.1) is 6.92 Å². The number of benzene rings is 3. The van der Waals surface area contributed by atoms with E-state index in [2.05, 4.69) is 49.4 Å². The van der Waals surface area contributed by atoms with Gasteiger partial charge >= 0.3 is 5.97 Å². The molecule has 0 radical (unpaired) electrons. The van der Waals surface area contributed by atoms with E-state index in [0.717, 1.165) is 33.2 Å². The summed E-state index contributed by atoms with van der Waals surface area (Å²) < 4.78 is 5.46. The lowest BCUT2D eigenvalue weighted by Gasteiger charge is -2.25. The zero-order chi connectivity index (χ0) is 16.9. The van der Waals surface area contributed by atoms with Crippen molar-refractivity contribution in [2.24, 2.45) is 0 Å². The minimum Gasteiger partial charge on any atom is -0.465 e. The molecular formula is C22H20O2. The standard InChI is InChI=1S/C22H20O2/c1-4-24-21(23)22(3)19-11-14(2)9-10-17(19)18-12-15-7-5-6-8-16(15)13-20(18)22/h5-13H,4H2,1-3H3. The molecule has 0 amide bonds. The molecule has 0 aromatic heterocycles. The normalized spacial score (nSPS) is 18.3. The summed E-state index contributed by atoms with van der Waals surface area (Å²) in [6, 6.07) is 19.0. The van der Waals surface area contributed by atoms with E-state index in [1.807, 2.05) is 26.0 Å².